The van der Waals surface area contributed by atoms with Crippen molar-refractivity contribution in [1.82, 2.24) is 5.32 Å². The summed E-state index contributed by atoms with van der Waals surface area (Å²) in [6, 6.07) is 0.743. The van der Waals surface area contributed by atoms with Crippen molar-refractivity contribution in [2.24, 2.45) is 0 Å². The van der Waals surface area contributed by atoms with Crippen LogP contribution in [0, 0.1) is 0 Å². The Kier molecular flexibility index (Phi) is 1.55. The van der Waals surface area contributed by atoms with Crippen LogP contribution >= 0.6 is 11.6 Å². The molecule has 1 fully saturated rings. The van der Waals surface area contributed by atoms with Crippen LogP contribution in [0.15, 0.2) is 0 Å². The number of alkyl halides is 1. The molecule has 7 heavy (non-hydrogen) atoms. The predicted molar refractivity (Wildman–Crippen MR) is 31.5 cm³/mol. The molecule has 0 aromatic heterocycles. The van der Waals surface area contributed by atoms with Gasteiger partial charge in [-0.05, 0) is 19.8 Å². The Balaban J connectivity index is 1.97. The second-order valence-electron chi connectivity index (χ2n) is 2.06. The van der Waals surface area contributed by atoms with Crippen LogP contribution in [-0.2, 0) is 0 Å². The highest BCUT2D eigenvalue weighted by Crippen LogP contribution is 2.19. The van der Waals surface area contributed by atoms with Crippen molar-refractivity contribution in [1.29, 1.82) is 0 Å². The molecule has 1 aliphatic rings. The molecule has 0 amide bonds. The van der Waals surface area contributed by atoms with Gasteiger partial charge in [-0.1, -0.05) is 0 Å². The molecule has 1 N–H and O–H groups in total. The van der Waals surface area contributed by atoms with Gasteiger partial charge in [0.15, 0.2) is 0 Å². The molecule has 1 atom stereocenters. The van der Waals surface area contributed by atoms with Crippen molar-refractivity contribution in [2.45, 2.75) is 31.3 Å². The number of rotatable bonds is 2. The number of nitrogens with one attached hydrogen (secondary N) is 1. The average Bonchev–Trinajstić information content (AvgIpc) is 2.17. The Hall–Kier alpha value is 0.250. The van der Waals surface area contributed by atoms with Gasteiger partial charge in [0.1, 0.15) is 0 Å². The maximum absolute atomic E-state index is 5.60. The summed E-state index contributed by atoms with van der Waals surface area (Å²) in [5.41, 5.74) is 0.160. The summed E-state index contributed by atoms with van der Waals surface area (Å²) in [5, 5.41) is 3.18. The lowest BCUT2D eigenvalue weighted by molar-refractivity contribution is 0.675. The summed E-state index contributed by atoms with van der Waals surface area (Å²) in [5.74, 6) is 0. The van der Waals surface area contributed by atoms with Gasteiger partial charge in [-0.2, -0.15) is 0 Å². The molecular formula is C5H10ClN. The van der Waals surface area contributed by atoms with E-state index in [1.165, 1.54) is 12.8 Å². The maximum atomic E-state index is 5.60. The highest BCUT2D eigenvalue weighted by atomic mass is 35.5. The van der Waals surface area contributed by atoms with Gasteiger partial charge in [-0.3, -0.25) is 5.32 Å². The summed E-state index contributed by atoms with van der Waals surface area (Å²) < 4.78 is 0. The largest absolute Gasteiger partial charge is 0.299 e. The molecule has 1 aliphatic carbocycles. The molecule has 0 bridgehead atoms. The highest BCUT2D eigenvalue weighted by molar-refractivity contribution is 6.20. The standard InChI is InChI=1S/C5H10ClN/c1-4(6)7-5-2-3-5/h4-5,7H,2-3H2,1H3. The van der Waals surface area contributed by atoms with Crippen molar-refractivity contribution < 1.29 is 0 Å². The quantitative estimate of drug-likeness (QED) is 0.427. The molecule has 2 heteroatoms. The van der Waals surface area contributed by atoms with Crippen LogP contribution in [0.5, 0.6) is 0 Å². The molecule has 1 unspecified atom stereocenters. The topological polar surface area (TPSA) is 12.0 Å². The van der Waals surface area contributed by atoms with E-state index in [4.69, 9.17) is 11.6 Å². The van der Waals surface area contributed by atoms with Gasteiger partial charge >= 0.3 is 0 Å². The van der Waals surface area contributed by atoms with Gasteiger partial charge in [0.2, 0.25) is 0 Å². The van der Waals surface area contributed by atoms with E-state index in [-0.39, 0.29) is 5.50 Å². The van der Waals surface area contributed by atoms with Crippen LogP contribution in [0.3, 0.4) is 0 Å². The molecule has 0 heterocycles. The second kappa shape index (κ2) is 2.01. The Morgan fingerprint density at radius 1 is 1.71 bits per heavy atom. The van der Waals surface area contributed by atoms with Gasteiger partial charge in [0.05, 0.1) is 5.50 Å². The summed E-state index contributed by atoms with van der Waals surface area (Å²) in [6.45, 7) is 1.96. The zero-order chi connectivity index (χ0) is 5.28. The normalized spacial score (nSPS) is 24.9. The summed E-state index contributed by atoms with van der Waals surface area (Å²) in [6.07, 6.45) is 2.63. The fourth-order valence-corrected chi connectivity index (χ4v) is 0.753. The van der Waals surface area contributed by atoms with Gasteiger partial charge in [0, 0.05) is 6.04 Å². The Labute approximate surface area is 49.0 Å². The van der Waals surface area contributed by atoms with E-state index in [1.807, 2.05) is 6.92 Å². The third-order valence-electron chi connectivity index (χ3n) is 1.04. The SMILES string of the molecule is CC(Cl)NC1CC1. The van der Waals surface area contributed by atoms with Crippen LogP contribution in [0.25, 0.3) is 0 Å². The van der Waals surface area contributed by atoms with Crippen LogP contribution in [-0.4, -0.2) is 11.5 Å². The molecule has 1 rings (SSSR count). The van der Waals surface area contributed by atoms with Crippen molar-refractivity contribution in [2.75, 3.05) is 0 Å². The molecule has 0 saturated heterocycles. The summed E-state index contributed by atoms with van der Waals surface area (Å²) in [7, 11) is 0. The third kappa shape index (κ3) is 2.15. The van der Waals surface area contributed by atoms with E-state index in [9.17, 15) is 0 Å². The van der Waals surface area contributed by atoms with Crippen LogP contribution in [0.4, 0.5) is 0 Å². The minimum absolute atomic E-state index is 0.160. The number of hydrogen-bond acceptors (Lipinski definition) is 1. The number of halogens is 1. The Morgan fingerprint density at radius 3 is 2.43 bits per heavy atom. The van der Waals surface area contributed by atoms with Gasteiger partial charge in [-0.25, -0.2) is 0 Å². The molecular weight excluding hydrogens is 110 g/mol. The first-order valence-electron chi connectivity index (χ1n) is 2.69. The van der Waals surface area contributed by atoms with Crippen LogP contribution in [0.1, 0.15) is 19.8 Å². The number of hydrogen-bond donors (Lipinski definition) is 1. The molecule has 0 radical (unpaired) electrons. The monoisotopic (exact) mass is 119 g/mol. The van der Waals surface area contributed by atoms with Crippen molar-refractivity contribution in [3.63, 3.8) is 0 Å². The fourth-order valence-electron chi connectivity index (χ4n) is 0.575. The zero-order valence-electron chi connectivity index (χ0n) is 4.45. The molecule has 1 nitrogen and oxygen atoms in total. The maximum Gasteiger partial charge on any atom is 0.0798 e. The first-order chi connectivity index (χ1) is 3.29. The van der Waals surface area contributed by atoms with Crippen molar-refractivity contribution in [3.05, 3.63) is 0 Å². The van der Waals surface area contributed by atoms with Gasteiger partial charge < -0.3 is 0 Å². The van der Waals surface area contributed by atoms with Crippen LogP contribution < -0.4 is 5.32 Å². The van der Waals surface area contributed by atoms with E-state index in [2.05, 4.69) is 5.32 Å². The second-order valence-corrected chi connectivity index (χ2v) is 2.71. The average molecular weight is 120 g/mol. The fraction of sp³-hybridized carbons (Fsp3) is 1.00. The summed E-state index contributed by atoms with van der Waals surface area (Å²) in [4.78, 5) is 0. The molecule has 0 aromatic rings. The van der Waals surface area contributed by atoms with E-state index >= 15 is 0 Å². The van der Waals surface area contributed by atoms with Crippen molar-refractivity contribution >= 4 is 11.6 Å². The lowest BCUT2D eigenvalue weighted by atomic mass is 10.6. The minimum atomic E-state index is 0.160. The van der Waals surface area contributed by atoms with E-state index in [0.29, 0.717) is 0 Å². The van der Waals surface area contributed by atoms with Gasteiger partial charge in [0.25, 0.3) is 0 Å². The minimum Gasteiger partial charge on any atom is -0.299 e. The molecule has 1 saturated carbocycles. The molecule has 0 spiro atoms. The van der Waals surface area contributed by atoms with E-state index < -0.39 is 0 Å². The third-order valence-corrected chi connectivity index (χ3v) is 1.17. The molecule has 0 aromatic carbocycles. The van der Waals surface area contributed by atoms with Crippen LogP contribution in [0.2, 0.25) is 0 Å². The smallest absolute Gasteiger partial charge is 0.0798 e. The van der Waals surface area contributed by atoms with E-state index in [0.717, 1.165) is 6.04 Å². The molecule has 0 aliphatic heterocycles. The zero-order valence-corrected chi connectivity index (χ0v) is 5.20. The highest BCUT2D eigenvalue weighted by Gasteiger charge is 2.21. The first kappa shape index (κ1) is 5.39. The predicted octanol–water partition coefficient (Wildman–Crippen LogP) is 1.32. The molecule has 42 valence electrons. The van der Waals surface area contributed by atoms with Crippen molar-refractivity contribution in [3.8, 4) is 0 Å². The summed E-state index contributed by atoms with van der Waals surface area (Å²) >= 11 is 5.60. The Morgan fingerprint density at radius 2 is 2.29 bits per heavy atom. The Bertz CT molecular complexity index is 59.1. The van der Waals surface area contributed by atoms with E-state index in [1.54, 1.807) is 0 Å². The lowest BCUT2D eigenvalue weighted by Gasteiger charge is -2.00. The first-order valence-corrected chi connectivity index (χ1v) is 3.13. The van der Waals surface area contributed by atoms with Gasteiger partial charge in [-0.15, -0.1) is 11.6 Å². The lowest BCUT2D eigenvalue weighted by Crippen LogP contribution is -2.22.